The number of piperazine rings is 1. The van der Waals surface area contributed by atoms with Crippen LogP contribution in [0.3, 0.4) is 0 Å². The number of hydrogen-bond acceptors (Lipinski definition) is 6. The molecule has 1 aromatic heterocycles. The van der Waals surface area contributed by atoms with Crippen LogP contribution >= 0.6 is 0 Å². The maximum atomic E-state index is 12.5. The van der Waals surface area contributed by atoms with Gasteiger partial charge >= 0.3 is 0 Å². The number of hydrogen-bond donors (Lipinski definition) is 0. The molecule has 0 aliphatic carbocycles. The van der Waals surface area contributed by atoms with Crippen molar-refractivity contribution in [3.63, 3.8) is 0 Å². The highest BCUT2D eigenvalue weighted by Crippen LogP contribution is 2.13. The van der Waals surface area contributed by atoms with Gasteiger partial charge in [0.15, 0.2) is 5.82 Å². The van der Waals surface area contributed by atoms with Crippen LogP contribution in [0.2, 0.25) is 0 Å². The van der Waals surface area contributed by atoms with Crippen LogP contribution in [0.4, 0.5) is 0 Å². The zero-order chi connectivity index (χ0) is 17.6. The molecule has 0 aromatic carbocycles. The van der Waals surface area contributed by atoms with Gasteiger partial charge in [0.05, 0.1) is 6.54 Å². The lowest BCUT2D eigenvalue weighted by atomic mass is 10.3. The first-order valence-corrected chi connectivity index (χ1v) is 10.1. The summed E-state index contributed by atoms with van der Waals surface area (Å²) in [4.78, 5) is 2.21. The first kappa shape index (κ1) is 19.2. The number of aromatic nitrogens is 4. The third kappa shape index (κ3) is 4.50. The highest BCUT2D eigenvalue weighted by molar-refractivity contribution is 7.86. The molecule has 2 rings (SSSR count). The molecule has 0 atom stereocenters. The first-order valence-electron chi connectivity index (χ1n) is 8.75. The zero-order valence-corrected chi connectivity index (χ0v) is 15.7. The van der Waals surface area contributed by atoms with E-state index in [9.17, 15) is 8.42 Å². The SMILES string of the molecule is CCCCn1nnnc1CN1CCN(S(=O)(=O)N(CC)CC)CC1. The van der Waals surface area contributed by atoms with Gasteiger partial charge in [-0.3, -0.25) is 4.90 Å². The van der Waals surface area contributed by atoms with Crippen molar-refractivity contribution >= 4 is 10.2 Å². The van der Waals surface area contributed by atoms with Crippen LogP contribution in [0, 0.1) is 0 Å². The minimum absolute atomic E-state index is 0.505. The topological polar surface area (TPSA) is 87.5 Å². The van der Waals surface area contributed by atoms with Crippen LogP contribution in [0.5, 0.6) is 0 Å². The van der Waals surface area contributed by atoms with Gasteiger partial charge in [-0.15, -0.1) is 5.10 Å². The number of unbranched alkanes of at least 4 members (excludes halogenated alkanes) is 1. The van der Waals surface area contributed by atoms with Crippen molar-refractivity contribution < 1.29 is 8.42 Å². The summed E-state index contributed by atoms with van der Waals surface area (Å²) in [5, 5.41) is 11.9. The van der Waals surface area contributed by atoms with Crippen LogP contribution in [-0.4, -0.2) is 81.4 Å². The summed E-state index contributed by atoms with van der Waals surface area (Å²) in [6, 6.07) is 0. The highest BCUT2D eigenvalue weighted by Gasteiger charge is 2.31. The maximum absolute atomic E-state index is 12.5. The van der Waals surface area contributed by atoms with Crippen LogP contribution in [0.25, 0.3) is 0 Å². The Morgan fingerprint density at radius 3 is 2.33 bits per heavy atom. The molecule has 0 spiro atoms. The molecular weight excluding hydrogens is 330 g/mol. The van der Waals surface area contributed by atoms with E-state index in [2.05, 4.69) is 27.3 Å². The first-order chi connectivity index (χ1) is 11.5. The molecule has 1 aliphatic rings. The highest BCUT2D eigenvalue weighted by atomic mass is 32.2. The van der Waals surface area contributed by atoms with Gasteiger partial charge in [-0.05, 0) is 16.8 Å². The molecule has 9 nitrogen and oxygen atoms in total. The quantitative estimate of drug-likeness (QED) is 0.625. The minimum Gasteiger partial charge on any atom is -0.293 e. The lowest BCUT2D eigenvalue weighted by molar-refractivity contribution is 0.169. The smallest absolute Gasteiger partial charge is 0.282 e. The summed E-state index contributed by atoms with van der Waals surface area (Å²) < 4.78 is 30.0. The summed E-state index contributed by atoms with van der Waals surface area (Å²) >= 11 is 0. The van der Waals surface area contributed by atoms with Crippen molar-refractivity contribution in [1.29, 1.82) is 0 Å². The Balaban J connectivity index is 1.90. The maximum Gasteiger partial charge on any atom is 0.282 e. The molecule has 1 aromatic rings. The van der Waals surface area contributed by atoms with Gasteiger partial charge in [0.1, 0.15) is 0 Å². The second-order valence-electron chi connectivity index (χ2n) is 5.94. The fraction of sp³-hybridized carbons (Fsp3) is 0.929. The Morgan fingerprint density at radius 1 is 1.08 bits per heavy atom. The van der Waals surface area contributed by atoms with Gasteiger partial charge in [-0.1, -0.05) is 27.2 Å². The number of aryl methyl sites for hydroxylation is 1. The van der Waals surface area contributed by atoms with Crippen molar-refractivity contribution in [2.75, 3.05) is 39.3 Å². The average Bonchev–Trinajstić information content (AvgIpc) is 3.01. The third-order valence-electron chi connectivity index (χ3n) is 4.38. The van der Waals surface area contributed by atoms with E-state index in [1.807, 2.05) is 18.5 Å². The van der Waals surface area contributed by atoms with Gasteiger partial charge in [0, 0.05) is 45.8 Å². The number of rotatable bonds is 9. The fourth-order valence-electron chi connectivity index (χ4n) is 2.85. The van der Waals surface area contributed by atoms with Gasteiger partial charge in [-0.2, -0.15) is 17.0 Å². The Morgan fingerprint density at radius 2 is 1.75 bits per heavy atom. The van der Waals surface area contributed by atoms with Crippen molar-refractivity contribution in [1.82, 2.24) is 33.7 Å². The van der Waals surface area contributed by atoms with Crippen LogP contribution in [0.15, 0.2) is 0 Å². The van der Waals surface area contributed by atoms with Crippen LogP contribution < -0.4 is 0 Å². The lowest BCUT2D eigenvalue weighted by Crippen LogP contribution is -2.52. The van der Waals surface area contributed by atoms with Crippen LogP contribution in [0.1, 0.15) is 39.4 Å². The molecule has 1 aliphatic heterocycles. The van der Waals surface area contributed by atoms with Gasteiger partial charge < -0.3 is 0 Å². The monoisotopic (exact) mass is 359 g/mol. The van der Waals surface area contributed by atoms with Crippen LogP contribution in [-0.2, 0) is 23.3 Å². The predicted molar refractivity (Wildman–Crippen MR) is 91.4 cm³/mol. The lowest BCUT2D eigenvalue weighted by Gasteiger charge is -2.36. The third-order valence-corrected chi connectivity index (χ3v) is 6.57. The number of nitrogens with zero attached hydrogens (tertiary/aromatic N) is 7. The van der Waals surface area contributed by atoms with E-state index in [1.165, 1.54) is 4.31 Å². The largest absolute Gasteiger partial charge is 0.293 e. The molecule has 0 radical (unpaired) electrons. The average molecular weight is 360 g/mol. The van der Waals surface area contributed by atoms with E-state index in [0.29, 0.717) is 45.8 Å². The van der Waals surface area contributed by atoms with Gasteiger partial charge in [-0.25, -0.2) is 4.68 Å². The zero-order valence-electron chi connectivity index (χ0n) is 14.9. The molecule has 0 saturated carbocycles. The normalized spacial score (nSPS) is 17.7. The molecule has 2 heterocycles. The molecule has 24 heavy (non-hydrogen) atoms. The molecule has 1 saturated heterocycles. The Bertz CT molecular complexity index is 592. The molecular formula is C14H29N7O2S. The molecule has 138 valence electrons. The fourth-order valence-corrected chi connectivity index (χ4v) is 4.45. The summed E-state index contributed by atoms with van der Waals surface area (Å²) in [5.41, 5.74) is 0. The van der Waals surface area contributed by atoms with E-state index in [0.717, 1.165) is 25.2 Å². The molecule has 0 bridgehead atoms. The summed E-state index contributed by atoms with van der Waals surface area (Å²) in [7, 11) is -3.34. The minimum atomic E-state index is -3.34. The van der Waals surface area contributed by atoms with Crippen molar-refractivity contribution in [3.8, 4) is 0 Å². The van der Waals surface area contributed by atoms with Gasteiger partial charge in [0.25, 0.3) is 10.2 Å². The van der Waals surface area contributed by atoms with E-state index in [1.54, 1.807) is 4.31 Å². The molecule has 0 N–H and O–H groups in total. The summed E-state index contributed by atoms with van der Waals surface area (Å²) in [5.74, 6) is 0.850. The molecule has 0 unspecified atom stereocenters. The standard InChI is InChI=1S/C14H29N7O2S/c1-4-7-8-21-14(15-16-17-21)13-18-9-11-20(12-10-18)24(22,23)19(5-2)6-3/h4-13H2,1-3H3. The van der Waals surface area contributed by atoms with E-state index in [4.69, 9.17) is 0 Å². The Kier molecular flexibility index (Phi) is 7.08. The summed E-state index contributed by atoms with van der Waals surface area (Å²) in [6.45, 7) is 10.8. The second-order valence-corrected chi connectivity index (χ2v) is 7.87. The van der Waals surface area contributed by atoms with Crippen molar-refractivity contribution in [3.05, 3.63) is 5.82 Å². The van der Waals surface area contributed by atoms with Gasteiger partial charge in [0.2, 0.25) is 0 Å². The van der Waals surface area contributed by atoms with E-state index in [-0.39, 0.29) is 0 Å². The predicted octanol–water partition coefficient (Wildman–Crippen LogP) is 0.177. The van der Waals surface area contributed by atoms with Crippen molar-refractivity contribution in [2.24, 2.45) is 0 Å². The summed E-state index contributed by atoms with van der Waals surface area (Å²) in [6.07, 6.45) is 2.15. The second kappa shape index (κ2) is 8.84. The Labute approximate surface area is 144 Å². The Hall–Kier alpha value is -1.10. The number of tetrazole rings is 1. The molecule has 0 amide bonds. The van der Waals surface area contributed by atoms with Crippen molar-refractivity contribution in [2.45, 2.75) is 46.7 Å². The van der Waals surface area contributed by atoms with E-state index >= 15 is 0 Å². The molecule has 10 heteroatoms. The van der Waals surface area contributed by atoms with E-state index < -0.39 is 10.2 Å². The molecule has 1 fully saturated rings.